The van der Waals surface area contributed by atoms with E-state index in [0.29, 0.717) is 0 Å². The van der Waals surface area contributed by atoms with Crippen molar-refractivity contribution in [1.29, 1.82) is 0 Å². The van der Waals surface area contributed by atoms with Gasteiger partial charge in [-0.1, -0.05) is 19.8 Å². The average molecular weight is 213 g/mol. The van der Waals surface area contributed by atoms with Crippen molar-refractivity contribution in [2.24, 2.45) is 5.73 Å². The number of nitrogens with two attached hydrogens (primary N) is 1. The zero-order valence-electron chi connectivity index (χ0n) is 10.6. The van der Waals surface area contributed by atoms with Crippen LogP contribution in [0.25, 0.3) is 0 Å². The molecule has 1 aliphatic rings. The number of nitrogens with zero attached hydrogens (tertiary/aromatic N) is 2. The molecule has 1 saturated heterocycles. The van der Waals surface area contributed by atoms with Gasteiger partial charge >= 0.3 is 0 Å². The molecule has 2 N–H and O–H groups in total. The van der Waals surface area contributed by atoms with Crippen LogP contribution in [-0.4, -0.2) is 55.6 Å². The van der Waals surface area contributed by atoms with Crippen LogP contribution >= 0.6 is 0 Å². The van der Waals surface area contributed by atoms with Gasteiger partial charge in [0.1, 0.15) is 0 Å². The zero-order valence-corrected chi connectivity index (χ0v) is 10.6. The first-order chi connectivity index (χ1) is 7.14. The predicted octanol–water partition coefficient (Wildman–Crippen LogP) is 1.14. The molecule has 0 aliphatic carbocycles. The summed E-state index contributed by atoms with van der Waals surface area (Å²) >= 11 is 0. The first-order valence-electron chi connectivity index (χ1n) is 6.24. The van der Waals surface area contributed by atoms with Crippen LogP contribution in [0.5, 0.6) is 0 Å². The maximum atomic E-state index is 5.97. The minimum Gasteiger partial charge on any atom is -0.329 e. The van der Waals surface area contributed by atoms with Crippen LogP contribution in [0, 0.1) is 0 Å². The molecule has 1 aliphatic heterocycles. The highest BCUT2D eigenvalue weighted by molar-refractivity contribution is 4.98. The fraction of sp³-hybridized carbons (Fsp3) is 1.00. The lowest BCUT2D eigenvalue weighted by Gasteiger charge is -2.37. The molecule has 0 radical (unpaired) electrons. The standard InChI is InChI=1S/C12H27N3/c1-4-5-6-8-15(3)12(10-13)7-9-14(2)11-12/h4-11,13H2,1-3H3. The van der Waals surface area contributed by atoms with Crippen molar-refractivity contribution in [3.8, 4) is 0 Å². The molecular weight excluding hydrogens is 186 g/mol. The number of rotatable bonds is 6. The van der Waals surface area contributed by atoms with Gasteiger partial charge in [0.15, 0.2) is 0 Å². The third-order valence-corrected chi connectivity index (χ3v) is 3.81. The van der Waals surface area contributed by atoms with Crippen molar-refractivity contribution in [2.75, 3.05) is 40.3 Å². The molecule has 1 atom stereocenters. The molecule has 1 heterocycles. The normalized spacial score (nSPS) is 27.8. The number of hydrogen-bond acceptors (Lipinski definition) is 3. The minimum atomic E-state index is 0.252. The van der Waals surface area contributed by atoms with Gasteiger partial charge in [-0.3, -0.25) is 4.90 Å². The smallest absolute Gasteiger partial charge is 0.0467 e. The van der Waals surface area contributed by atoms with Crippen LogP contribution in [0.4, 0.5) is 0 Å². The SMILES string of the molecule is CCCCCN(C)C1(CN)CCN(C)C1. The predicted molar refractivity (Wildman–Crippen MR) is 66.1 cm³/mol. The highest BCUT2D eigenvalue weighted by atomic mass is 15.3. The third-order valence-electron chi connectivity index (χ3n) is 3.81. The molecule has 0 spiro atoms. The van der Waals surface area contributed by atoms with Gasteiger partial charge in [0.25, 0.3) is 0 Å². The molecule has 0 bridgehead atoms. The van der Waals surface area contributed by atoms with Crippen molar-refractivity contribution in [3.05, 3.63) is 0 Å². The monoisotopic (exact) mass is 213 g/mol. The van der Waals surface area contributed by atoms with E-state index in [4.69, 9.17) is 5.73 Å². The molecule has 90 valence electrons. The summed E-state index contributed by atoms with van der Waals surface area (Å²) in [4.78, 5) is 4.88. The second-order valence-electron chi connectivity index (χ2n) is 5.04. The second-order valence-corrected chi connectivity index (χ2v) is 5.04. The van der Waals surface area contributed by atoms with Gasteiger partial charge in [-0.25, -0.2) is 0 Å². The maximum Gasteiger partial charge on any atom is 0.0467 e. The summed E-state index contributed by atoms with van der Waals surface area (Å²) in [7, 11) is 4.43. The molecule has 3 heteroatoms. The lowest BCUT2D eigenvalue weighted by Crippen LogP contribution is -2.54. The molecule has 0 aromatic carbocycles. The Balaban J connectivity index is 2.43. The van der Waals surface area contributed by atoms with Crippen LogP contribution in [-0.2, 0) is 0 Å². The summed E-state index contributed by atoms with van der Waals surface area (Å²) < 4.78 is 0. The number of hydrogen-bond donors (Lipinski definition) is 1. The largest absolute Gasteiger partial charge is 0.329 e. The Labute approximate surface area is 94.6 Å². The van der Waals surface area contributed by atoms with Crippen molar-refractivity contribution in [1.82, 2.24) is 9.80 Å². The summed E-state index contributed by atoms with van der Waals surface area (Å²) in [5.74, 6) is 0. The van der Waals surface area contributed by atoms with Crippen LogP contribution in [0.3, 0.4) is 0 Å². The van der Waals surface area contributed by atoms with Crippen LogP contribution in [0.1, 0.15) is 32.6 Å². The van der Waals surface area contributed by atoms with E-state index in [1.807, 2.05) is 0 Å². The molecule has 1 unspecified atom stereocenters. The first-order valence-corrected chi connectivity index (χ1v) is 6.24. The van der Waals surface area contributed by atoms with Gasteiger partial charge in [0, 0.05) is 18.6 Å². The summed E-state index contributed by atoms with van der Waals surface area (Å²) in [6.07, 6.45) is 5.16. The Hall–Kier alpha value is -0.120. The number of likely N-dealkylation sites (N-methyl/N-ethyl adjacent to an activating group) is 2. The van der Waals surface area contributed by atoms with E-state index in [1.165, 1.54) is 38.8 Å². The Bertz CT molecular complexity index is 184. The number of unbranched alkanes of at least 4 members (excludes halogenated alkanes) is 2. The van der Waals surface area contributed by atoms with E-state index < -0.39 is 0 Å². The fourth-order valence-electron chi connectivity index (χ4n) is 2.53. The van der Waals surface area contributed by atoms with Gasteiger partial charge in [0.05, 0.1) is 0 Å². The fourth-order valence-corrected chi connectivity index (χ4v) is 2.53. The lowest BCUT2D eigenvalue weighted by molar-refractivity contribution is 0.131. The first kappa shape index (κ1) is 12.9. The quantitative estimate of drug-likeness (QED) is 0.672. The van der Waals surface area contributed by atoms with E-state index in [9.17, 15) is 0 Å². The molecule has 0 saturated carbocycles. The Morgan fingerprint density at radius 3 is 2.60 bits per heavy atom. The van der Waals surface area contributed by atoms with E-state index >= 15 is 0 Å². The summed E-state index contributed by atoms with van der Waals surface area (Å²) in [6, 6.07) is 0. The molecular formula is C12H27N3. The van der Waals surface area contributed by atoms with Crippen molar-refractivity contribution < 1.29 is 0 Å². The van der Waals surface area contributed by atoms with Gasteiger partial charge in [-0.05, 0) is 40.0 Å². The van der Waals surface area contributed by atoms with Gasteiger partial charge < -0.3 is 10.6 Å². The average Bonchev–Trinajstić information content (AvgIpc) is 2.62. The topological polar surface area (TPSA) is 32.5 Å². The van der Waals surface area contributed by atoms with E-state index in [0.717, 1.165) is 13.1 Å². The van der Waals surface area contributed by atoms with Crippen LogP contribution in [0.2, 0.25) is 0 Å². The summed E-state index contributed by atoms with van der Waals surface area (Å²) in [5.41, 5.74) is 6.22. The molecule has 0 amide bonds. The van der Waals surface area contributed by atoms with E-state index in [-0.39, 0.29) is 5.54 Å². The molecule has 15 heavy (non-hydrogen) atoms. The zero-order chi connectivity index (χ0) is 11.3. The molecule has 1 fully saturated rings. The number of likely N-dealkylation sites (tertiary alicyclic amines) is 1. The maximum absolute atomic E-state index is 5.97. The van der Waals surface area contributed by atoms with Crippen molar-refractivity contribution in [2.45, 2.75) is 38.1 Å². The lowest BCUT2D eigenvalue weighted by atomic mass is 9.96. The van der Waals surface area contributed by atoms with Gasteiger partial charge in [0.2, 0.25) is 0 Å². The Kier molecular flexibility index (Phi) is 5.03. The molecule has 3 nitrogen and oxygen atoms in total. The highest BCUT2D eigenvalue weighted by Crippen LogP contribution is 2.25. The Morgan fingerprint density at radius 1 is 1.40 bits per heavy atom. The minimum absolute atomic E-state index is 0.252. The van der Waals surface area contributed by atoms with Crippen molar-refractivity contribution in [3.63, 3.8) is 0 Å². The summed E-state index contributed by atoms with van der Waals surface area (Å²) in [6.45, 7) is 6.56. The van der Waals surface area contributed by atoms with E-state index in [1.54, 1.807) is 0 Å². The van der Waals surface area contributed by atoms with Gasteiger partial charge in [-0.15, -0.1) is 0 Å². The van der Waals surface area contributed by atoms with Crippen LogP contribution in [0.15, 0.2) is 0 Å². The van der Waals surface area contributed by atoms with Crippen molar-refractivity contribution >= 4 is 0 Å². The van der Waals surface area contributed by atoms with E-state index in [2.05, 4.69) is 30.8 Å². The second kappa shape index (κ2) is 5.83. The molecule has 1 rings (SSSR count). The van der Waals surface area contributed by atoms with Gasteiger partial charge in [-0.2, -0.15) is 0 Å². The third kappa shape index (κ3) is 3.16. The Morgan fingerprint density at radius 2 is 2.13 bits per heavy atom. The van der Waals surface area contributed by atoms with Crippen LogP contribution < -0.4 is 5.73 Å². The molecule has 0 aromatic heterocycles. The highest BCUT2D eigenvalue weighted by Gasteiger charge is 2.38. The molecule has 0 aromatic rings. The summed E-state index contributed by atoms with van der Waals surface area (Å²) in [5, 5.41) is 0.